The van der Waals surface area contributed by atoms with Crippen molar-refractivity contribution >= 4 is 21.5 Å². The number of nitrogens with zero attached hydrogens (tertiary/aromatic N) is 1. The molecule has 5 rings (SSSR count). The van der Waals surface area contributed by atoms with Crippen LogP contribution in [0.5, 0.6) is 0 Å². The van der Waals surface area contributed by atoms with E-state index in [0.717, 1.165) is 40.8 Å². The molecular weight excluding hydrogens is 321 g/mol. The van der Waals surface area contributed by atoms with Gasteiger partial charge in [0.2, 0.25) is 0 Å². The van der Waals surface area contributed by atoms with Gasteiger partial charge in [0, 0.05) is 11.4 Å². The van der Waals surface area contributed by atoms with Gasteiger partial charge in [0.25, 0.3) is 0 Å². The molecule has 26 heavy (non-hydrogen) atoms. The summed E-state index contributed by atoms with van der Waals surface area (Å²) < 4.78 is 15.0. The van der Waals surface area contributed by atoms with E-state index in [-0.39, 0.29) is 5.82 Å². The summed E-state index contributed by atoms with van der Waals surface area (Å²) >= 11 is 0. The minimum absolute atomic E-state index is 0.0697. The lowest BCUT2D eigenvalue weighted by atomic mass is 9.78. The zero-order chi connectivity index (χ0) is 17.7. The number of hydrogen-bond acceptors (Lipinski definition) is 1. The average Bonchev–Trinajstić information content (AvgIpc) is 3.21. The first kappa shape index (κ1) is 16.3. The molecule has 0 saturated carbocycles. The van der Waals surface area contributed by atoms with E-state index in [2.05, 4.69) is 30.0 Å². The summed E-state index contributed by atoms with van der Waals surface area (Å²) in [7, 11) is 0. The van der Waals surface area contributed by atoms with E-state index in [9.17, 15) is 4.39 Å². The molecule has 2 atom stereocenters. The number of fused-ring (bicyclic) bond motifs is 5. The van der Waals surface area contributed by atoms with Crippen LogP contribution in [-0.4, -0.2) is 24.0 Å². The highest BCUT2D eigenvalue weighted by Crippen LogP contribution is 2.38. The minimum atomic E-state index is -0.0697. The predicted octanol–water partition coefficient (Wildman–Crippen LogP) is 5.54. The van der Waals surface area contributed by atoms with Crippen LogP contribution in [0.4, 0.5) is 4.39 Å². The number of likely N-dealkylation sites (tertiary alicyclic amines) is 1. The Morgan fingerprint density at radius 2 is 1.85 bits per heavy atom. The molecule has 2 heteroatoms. The molecule has 1 saturated heterocycles. The minimum Gasteiger partial charge on any atom is -0.300 e. The van der Waals surface area contributed by atoms with Crippen LogP contribution in [0, 0.1) is 18.7 Å². The second-order valence-corrected chi connectivity index (χ2v) is 8.02. The Morgan fingerprint density at radius 3 is 2.69 bits per heavy atom. The van der Waals surface area contributed by atoms with Crippen molar-refractivity contribution in [1.82, 2.24) is 4.90 Å². The molecule has 0 N–H and O–H groups in total. The Morgan fingerprint density at radius 1 is 1.04 bits per heavy atom. The van der Waals surface area contributed by atoms with Crippen LogP contribution in [0.2, 0.25) is 0 Å². The van der Waals surface area contributed by atoms with Gasteiger partial charge < -0.3 is 4.90 Å². The number of halogens is 1. The van der Waals surface area contributed by atoms with Crippen LogP contribution in [0.15, 0.2) is 42.5 Å². The first-order valence-corrected chi connectivity index (χ1v) is 9.91. The Bertz CT molecular complexity index is 971. The topological polar surface area (TPSA) is 3.24 Å². The third kappa shape index (κ3) is 2.54. The summed E-state index contributed by atoms with van der Waals surface area (Å²) in [6, 6.07) is 14.6. The van der Waals surface area contributed by atoms with E-state index in [0.29, 0.717) is 12.0 Å². The molecule has 1 nitrogen and oxygen atoms in total. The van der Waals surface area contributed by atoms with Crippen LogP contribution in [0.3, 0.4) is 0 Å². The molecule has 1 heterocycles. The van der Waals surface area contributed by atoms with Crippen LogP contribution >= 0.6 is 0 Å². The van der Waals surface area contributed by atoms with Crippen molar-refractivity contribution in [3.05, 3.63) is 66.3 Å². The van der Waals surface area contributed by atoms with E-state index in [4.69, 9.17) is 0 Å². The van der Waals surface area contributed by atoms with Crippen molar-refractivity contribution in [3.63, 3.8) is 0 Å². The molecule has 3 aromatic carbocycles. The zero-order valence-corrected chi connectivity index (χ0v) is 15.2. The maximum Gasteiger partial charge on any atom is 0.131 e. The lowest BCUT2D eigenvalue weighted by molar-refractivity contribution is 0.198. The summed E-state index contributed by atoms with van der Waals surface area (Å²) in [6.07, 6.45) is 5.72. The first-order valence-electron chi connectivity index (χ1n) is 9.91. The molecule has 0 aromatic heterocycles. The number of hydrogen-bond donors (Lipinski definition) is 0. The molecule has 0 bridgehead atoms. The van der Waals surface area contributed by atoms with Gasteiger partial charge in [0.1, 0.15) is 5.82 Å². The molecule has 1 aliphatic carbocycles. The van der Waals surface area contributed by atoms with Crippen LogP contribution in [0.1, 0.15) is 30.4 Å². The Labute approximate surface area is 154 Å². The molecule has 0 spiro atoms. The fourth-order valence-corrected chi connectivity index (χ4v) is 5.16. The van der Waals surface area contributed by atoms with Crippen LogP contribution < -0.4 is 0 Å². The van der Waals surface area contributed by atoms with Gasteiger partial charge in [-0.2, -0.15) is 0 Å². The fraction of sp³-hybridized carbons (Fsp3) is 0.375. The maximum absolute atomic E-state index is 15.0. The summed E-state index contributed by atoms with van der Waals surface area (Å²) in [6.45, 7) is 6.87. The first-order chi connectivity index (χ1) is 12.7. The van der Waals surface area contributed by atoms with Crippen molar-refractivity contribution in [1.29, 1.82) is 0 Å². The van der Waals surface area contributed by atoms with Crippen molar-refractivity contribution < 1.29 is 4.39 Å². The smallest absolute Gasteiger partial charge is 0.131 e. The van der Waals surface area contributed by atoms with Gasteiger partial charge in [-0.05, 0) is 91.4 Å². The molecule has 0 amide bonds. The van der Waals surface area contributed by atoms with E-state index < -0.39 is 0 Å². The van der Waals surface area contributed by atoms with E-state index in [1.807, 2.05) is 18.2 Å². The summed E-state index contributed by atoms with van der Waals surface area (Å²) in [5.74, 6) is 0.515. The van der Waals surface area contributed by atoms with E-state index >= 15 is 0 Å². The monoisotopic (exact) mass is 346 g/mol. The fourth-order valence-electron chi connectivity index (χ4n) is 5.16. The molecule has 1 fully saturated rings. The Hall–Kier alpha value is -1.93. The van der Waals surface area contributed by atoms with Crippen molar-refractivity contribution in [2.75, 3.05) is 13.1 Å². The van der Waals surface area contributed by atoms with Gasteiger partial charge in [-0.15, -0.1) is 0 Å². The second kappa shape index (κ2) is 6.35. The van der Waals surface area contributed by atoms with Gasteiger partial charge in [0.15, 0.2) is 0 Å². The molecule has 1 radical (unpaired) electrons. The van der Waals surface area contributed by atoms with Gasteiger partial charge in [-0.25, -0.2) is 4.39 Å². The molecule has 3 aromatic rings. The lowest BCUT2D eigenvalue weighted by Crippen LogP contribution is -2.39. The molecule has 1 aliphatic heterocycles. The van der Waals surface area contributed by atoms with Gasteiger partial charge >= 0.3 is 0 Å². The normalized spacial score (nSPS) is 22.0. The van der Waals surface area contributed by atoms with E-state index in [1.165, 1.54) is 37.1 Å². The number of benzene rings is 3. The van der Waals surface area contributed by atoms with Crippen LogP contribution in [-0.2, 0) is 12.8 Å². The third-order valence-corrected chi connectivity index (χ3v) is 6.58. The van der Waals surface area contributed by atoms with Crippen LogP contribution in [0.25, 0.3) is 21.5 Å². The molecule has 2 unspecified atom stereocenters. The standard InChI is InChI=1S/C24H25FN/c1-16(26-12-4-5-13-26)17-8-10-21-19(14-17)9-11-22-20-7-3-2-6-18(20)15-23(25)24(21)22/h2-3,6-7,9,11,15-17H,1,4-5,8,10,12-14H2. The highest BCUT2D eigenvalue weighted by atomic mass is 19.1. The summed E-state index contributed by atoms with van der Waals surface area (Å²) in [4.78, 5) is 2.55. The van der Waals surface area contributed by atoms with Gasteiger partial charge in [-0.3, -0.25) is 0 Å². The lowest BCUT2D eigenvalue weighted by Gasteiger charge is -2.35. The SMILES string of the molecule is [CH2]C(C1CCc2c(ccc3c2c(F)cc2ccccc23)C1)N1CCCC1. The van der Waals surface area contributed by atoms with Crippen molar-refractivity contribution in [3.8, 4) is 0 Å². The molecular formula is C24H25FN. The molecule has 2 aliphatic rings. The highest BCUT2D eigenvalue weighted by Gasteiger charge is 2.30. The highest BCUT2D eigenvalue weighted by molar-refractivity contribution is 6.09. The maximum atomic E-state index is 15.0. The predicted molar refractivity (Wildman–Crippen MR) is 107 cm³/mol. The Kier molecular flexibility index (Phi) is 3.97. The summed E-state index contributed by atoms with van der Waals surface area (Å²) in [5.41, 5.74) is 2.56. The van der Waals surface area contributed by atoms with Crippen molar-refractivity contribution in [2.24, 2.45) is 5.92 Å². The molecule has 133 valence electrons. The number of rotatable bonds is 2. The summed E-state index contributed by atoms with van der Waals surface area (Å²) in [5, 5.41) is 4.05. The zero-order valence-electron chi connectivity index (χ0n) is 15.2. The second-order valence-electron chi connectivity index (χ2n) is 8.02. The Balaban J connectivity index is 1.57. The van der Waals surface area contributed by atoms with E-state index in [1.54, 1.807) is 6.07 Å². The number of aryl methyl sites for hydroxylation is 1. The third-order valence-electron chi connectivity index (χ3n) is 6.58. The van der Waals surface area contributed by atoms with Gasteiger partial charge in [-0.1, -0.05) is 36.4 Å². The van der Waals surface area contributed by atoms with Crippen molar-refractivity contribution in [2.45, 2.75) is 38.1 Å². The average molecular weight is 346 g/mol. The largest absolute Gasteiger partial charge is 0.300 e. The quantitative estimate of drug-likeness (QED) is 0.551. The van der Waals surface area contributed by atoms with Gasteiger partial charge in [0.05, 0.1) is 0 Å².